The number of hydrogen-bond donors (Lipinski definition) is 2. The lowest BCUT2D eigenvalue weighted by atomic mass is 9.76. The molecule has 0 aromatic carbocycles. The smallest absolute Gasteiger partial charge is 0.00721 e. The molecule has 0 bridgehead atoms. The Morgan fingerprint density at radius 3 is 2.35 bits per heavy atom. The molecule has 2 heteroatoms. The average Bonchev–Trinajstić information content (AvgIpc) is 2.17. The molecule has 1 rings (SSSR count). The van der Waals surface area contributed by atoms with Crippen LogP contribution in [-0.4, -0.2) is 19.1 Å². The Kier molecular flexibility index (Phi) is 5.94. The highest BCUT2D eigenvalue weighted by Gasteiger charge is 2.25. The zero-order valence-corrected chi connectivity index (χ0v) is 12.3. The first-order valence-corrected chi connectivity index (χ1v) is 7.37. The van der Waals surface area contributed by atoms with Crippen molar-refractivity contribution in [1.82, 2.24) is 5.32 Å². The lowest BCUT2D eigenvalue weighted by Gasteiger charge is -2.34. The van der Waals surface area contributed by atoms with Crippen LogP contribution < -0.4 is 11.1 Å². The maximum Gasteiger partial charge on any atom is 0.00721 e. The molecule has 0 heterocycles. The van der Waals surface area contributed by atoms with Crippen LogP contribution in [0, 0.1) is 17.3 Å². The number of nitrogens with two attached hydrogens (primary N) is 1. The molecule has 1 atom stereocenters. The summed E-state index contributed by atoms with van der Waals surface area (Å²) in [7, 11) is 0. The van der Waals surface area contributed by atoms with Gasteiger partial charge in [-0.1, -0.05) is 27.7 Å². The summed E-state index contributed by atoms with van der Waals surface area (Å²) in [6, 6.07) is 0.813. The summed E-state index contributed by atoms with van der Waals surface area (Å²) in [4.78, 5) is 0. The van der Waals surface area contributed by atoms with Gasteiger partial charge in [0.1, 0.15) is 0 Å². The Labute approximate surface area is 108 Å². The van der Waals surface area contributed by atoms with Gasteiger partial charge in [-0.3, -0.25) is 0 Å². The zero-order valence-electron chi connectivity index (χ0n) is 12.3. The van der Waals surface area contributed by atoms with Crippen LogP contribution in [0.3, 0.4) is 0 Å². The lowest BCUT2D eigenvalue weighted by Crippen LogP contribution is -2.40. The van der Waals surface area contributed by atoms with E-state index in [0.717, 1.165) is 24.4 Å². The minimum absolute atomic E-state index is 0.407. The molecule has 0 aromatic heterocycles. The van der Waals surface area contributed by atoms with Crippen molar-refractivity contribution in [2.45, 2.75) is 65.8 Å². The third-order valence-electron chi connectivity index (χ3n) is 4.28. The molecule has 0 spiro atoms. The summed E-state index contributed by atoms with van der Waals surface area (Å²) in [5.74, 6) is 1.72. The van der Waals surface area contributed by atoms with Crippen LogP contribution in [0.25, 0.3) is 0 Å². The van der Waals surface area contributed by atoms with Crippen LogP contribution in [-0.2, 0) is 0 Å². The van der Waals surface area contributed by atoms with Gasteiger partial charge in [-0.05, 0) is 62.4 Å². The van der Waals surface area contributed by atoms with Gasteiger partial charge in [0.15, 0.2) is 0 Å². The van der Waals surface area contributed by atoms with E-state index in [2.05, 4.69) is 33.0 Å². The number of rotatable bonds is 7. The molecular weight excluding hydrogens is 208 g/mol. The molecule has 0 saturated heterocycles. The Balaban J connectivity index is 2.10. The third-order valence-corrected chi connectivity index (χ3v) is 4.28. The Morgan fingerprint density at radius 2 is 1.88 bits per heavy atom. The van der Waals surface area contributed by atoms with Crippen molar-refractivity contribution in [1.29, 1.82) is 0 Å². The molecule has 0 aromatic rings. The molecule has 1 unspecified atom stereocenters. The first-order valence-electron chi connectivity index (χ1n) is 7.37. The molecular formula is C15H32N2. The highest BCUT2D eigenvalue weighted by Crippen LogP contribution is 2.32. The maximum atomic E-state index is 5.71. The van der Waals surface area contributed by atoms with Gasteiger partial charge in [-0.2, -0.15) is 0 Å². The van der Waals surface area contributed by atoms with Gasteiger partial charge in [0, 0.05) is 6.04 Å². The molecule has 0 radical (unpaired) electrons. The minimum Gasteiger partial charge on any atom is -0.330 e. The topological polar surface area (TPSA) is 38.0 Å². The van der Waals surface area contributed by atoms with Crippen molar-refractivity contribution < 1.29 is 0 Å². The van der Waals surface area contributed by atoms with Crippen LogP contribution in [0.4, 0.5) is 0 Å². The van der Waals surface area contributed by atoms with Crippen molar-refractivity contribution >= 4 is 0 Å². The van der Waals surface area contributed by atoms with Crippen molar-refractivity contribution in [3.8, 4) is 0 Å². The SMILES string of the molecule is CC1CC(NCCCC(CCN)C(C)(C)C)C1. The first-order chi connectivity index (χ1) is 7.93. The summed E-state index contributed by atoms with van der Waals surface area (Å²) in [6.07, 6.45) is 6.55. The summed E-state index contributed by atoms with van der Waals surface area (Å²) >= 11 is 0. The van der Waals surface area contributed by atoms with Gasteiger partial charge in [0.2, 0.25) is 0 Å². The first kappa shape index (κ1) is 15.0. The molecule has 17 heavy (non-hydrogen) atoms. The molecule has 0 amide bonds. The summed E-state index contributed by atoms with van der Waals surface area (Å²) in [5.41, 5.74) is 6.12. The molecule has 1 aliphatic carbocycles. The van der Waals surface area contributed by atoms with Crippen molar-refractivity contribution in [2.75, 3.05) is 13.1 Å². The molecule has 1 saturated carbocycles. The Bertz CT molecular complexity index is 201. The van der Waals surface area contributed by atoms with E-state index in [0.29, 0.717) is 5.41 Å². The standard InChI is InChI=1S/C15H32N2/c1-12-10-14(11-12)17-9-5-6-13(7-8-16)15(2,3)4/h12-14,17H,5-11,16H2,1-4H3. The van der Waals surface area contributed by atoms with Crippen molar-refractivity contribution in [3.05, 3.63) is 0 Å². The van der Waals surface area contributed by atoms with Gasteiger partial charge in [-0.25, -0.2) is 0 Å². The Hall–Kier alpha value is -0.0800. The van der Waals surface area contributed by atoms with Crippen LogP contribution >= 0.6 is 0 Å². The maximum absolute atomic E-state index is 5.71. The van der Waals surface area contributed by atoms with E-state index in [1.165, 1.54) is 38.6 Å². The second kappa shape index (κ2) is 6.75. The molecule has 1 aliphatic rings. The normalized spacial score (nSPS) is 26.6. The largest absolute Gasteiger partial charge is 0.330 e. The van der Waals surface area contributed by atoms with E-state index in [1.54, 1.807) is 0 Å². The molecule has 3 N–H and O–H groups in total. The second-order valence-corrected chi connectivity index (χ2v) is 7.01. The number of nitrogens with one attached hydrogen (secondary N) is 1. The van der Waals surface area contributed by atoms with E-state index < -0.39 is 0 Å². The summed E-state index contributed by atoms with van der Waals surface area (Å²) in [6.45, 7) is 11.4. The highest BCUT2D eigenvalue weighted by molar-refractivity contribution is 4.82. The van der Waals surface area contributed by atoms with Crippen LogP contribution in [0.1, 0.15) is 59.8 Å². The predicted octanol–water partition coefficient (Wildman–Crippen LogP) is 3.17. The van der Waals surface area contributed by atoms with Crippen molar-refractivity contribution in [3.63, 3.8) is 0 Å². The van der Waals surface area contributed by atoms with E-state index in [9.17, 15) is 0 Å². The van der Waals surface area contributed by atoms with Crippen LogP contribution in [0.5, 0.6) is 0 Å². The fourth-order valence-corrected chi connectivity index (χ4v) is 2.94. The average molecular weight is 240 g/mol. The van der Waals surface area contributed by atoms with Crippen LogP contribution in [0.15, 0.2) is 0 Å². The zero-order chi connectivity index (χ0) is 12.9. The van der Waals surface area contributed by atoms with E-state index in [1.807, 2.05) is 0 Å². The fourth-order valence-electron chi connectivity index (χ4n) is 2.94. The lowest BCUT2D eigenvalue weighted by molar-refractivity contribution is 0.202. The monoisotopic (exact) mass is 240 g/mol. The van der Waals surface area contributed by atoms with Gasteiger partial charge >= 0.3 is 0 Å². The van der Waals surface area contributed by atoms with Crippen molar-refractivity contribution in [2.24, 2.45) is 23.0 Å². The minimum atomic E-state index is 0.407. The van der Waals surface area contributed by atoms with E-state index >= 15 is 0 Å². The van der Waals surface area contributed by atoms with Crippen LogP contribution in [0.2, 0.25) is 0 Å². The quantitative estimate of drug-likeness (QED) is 0.671. The van der Waals surface area contributed by atoms with E-state index in [4.69, 9.17) is 5.73 Å². The fraction of sp³-hybridized carbons (Fsp3) is 1.00. The molecule has 2 nitrogen and oxygen atoms in total. The number of hydrogen-bond acceptors (Lipinski definition) is 2. The molecule has 102 valence electrons. The Morgan fingerprint density at radius 1 is 1.24 bits per heavy atom. The second-order valence-electron chi connectivity index (χ2n) is 7.01. The molecule has 0 aliphatic heterocycles. The molecule has 1 fully saturated rings. The van der Waals surface area contributed by atoms with Gasteiger partial charge in [-0.15, -0.1) is 0 Å². The third kappa shape index (κ3) is 5.39. The van der Waals surface area contributed by atoms with E-state index in [-0.39, 0.29) is 0 Å². The van der Waals surface area contributed by atoms with Gasteiger partial charge < -0.3 is 11.1 Å². The summed E-state index contributed by atoms with van der Waals surface area (Å²) in [5, 5.41) is 3.67. The highest BCUT2D eigenvalue weighted by atomic mass is 14.9. The summed E-state index contributed by atoms with van der Waals surface area (Å²) < 4.78 is 0. The van der Waals surface area contributed by atoms with Gasteiger partial charge in [0.25, 0.3) is 0 Å². The van der Waals surface area contributed by atoms with Gasteiger partial charge in [0.05, 0.1) is 0 Å². The predicted molar refractivity (Wildman–Crippen MR) is 76.0 cm³/mol.